The molecule has 8 aliphatic rings. The van der Waals surface area contributed by atoms with Crippen LogP contribution in [0.2, 0.25) is 0 Å². The molecule has 0 spiro atoms. The number of hydrogen-bond donors (Lipinski definition) is 9. The van der Waals surface area contributed by atoms with Gasteiger partial charge < -0.3 is 74.4 Å². The zero-order chi connectivity index (χ0) is 44.2. The van der Waals surface area contributed by atoms with Crippen molar-refractivity contribution in [3.05, 3.63) is 23.8 Å². The third-order valence-corrected chi connectivity index (χ3v) is 18.1. The maximum atomic E-state index is 13.0. The highest BCUT2D eigenvalue weighted by atomic mass is 16.8. The van der Waals surface area contributed by atoms with Crippen LogP contribution < -0.4 is 0 Å². The molecule has 0 aromatic rings. The summed E-state index contributed by atoms with van der Waals surface area (Å²) in [4.78, 5) is 13.0. The summed E-state index contributed by atoms with van der Waals surface area (Å²) in [7, 11) is 0. The molecule has 7 fully saturated rings. The molecule has 16 heteroatoms. The van der Waals surface area contributed by atoms with Gasteiger partial charge in [0.05, 0.1) is 37.4 Å². The van der Waals surface area contributed by atoms with Crippen molar-refractivity contribution in [2.24, 2.45) is 44.8 Å². The molecule has 3 heterocycles. The Labute approximate surface area is 357 Å². The lowest BCUT2D eigenvalue weighted by atomic mass is 9.34. The number of aliphatic carboxylic acids is 1. The molecule has 9 N–H and O–H groups in total. The first-order valence-electron chi connectivity index (χ1n) is 22.5. The summed E-state index contributed by atoms with van der Waals surface area (Å²) in [6.45, 7) is 14.2. The number of aliphatic hydroxyl groups excluding tert-OH is 8. The van der Waals surface area contributed by atoms with Gasteiger partial charge in [0.15, 0.2) is 18.9 Å². The Hall–Kier alpha value is -1.61. The summed E-state index contributed by atoms with van der Waals surface area (Å²) >= 11 is 0. The van der Waals surface area contributed by atoms with Gasteiger partial charge in [-0.2, -0.15) is 0 Å². The first-order valence-corrected chi connectivity index (χ1v) is 22.5. The van der Waals surface area contributed by atoms with E-state index in [1.54, 1.807) is 0 Å². The first kappa shape index (κ1) is 45.9. The van der Waals surface area contributed by atoms with Crippen molar-refractivity contribution in [1.82, 2.24) is 0 Å². The molecule has 22 atom stereocenters. The molecule has 0 radical (unpaired) electrons. The van der Waals surface area contributed by atoms with E-state index in [1.165, 1.54) is 12.5 Å². The summed E-state index contributed by atoms with van der Waals surface area (Å²) in [5.74, 6) is -0.467. The van der Waals surface area contributed by atoms with E-state index < -0.39 is 103 Å². The summed E-state index contributed by atoms with van der Waals surface area (Å²) in [5, 5.41) is 97.1. The van der Waals surface area contributed by atoms with E-state index in [0.717, 1.165) is 44.1 Å². The van der Waals surface area contributed by atoms with Crippen LogP contribution in [0.3, 0.4) is 0 Å². The van der Waals surface area contributed by atoms with Gasteiger partial charge in [0.2, 0.25) is 0 Å². The number of hydrogen-bond acceptors (Lipinski definition) is 15. The standard InChI is InChI=1S/C45H70O16/c1-21-9-14-45(40(54)55)16-15-43(5)23(24(45)17-21)7-8-28-41(3)12-11-29(42(4,20-46)27(41)10-13-44(28,43)6)59-39-36(32(51)26(48)19-57-39)61-38-34(53)35(30(49)22(2)58-38)60-37-33(52)31(50)25(47)18-56-37/h7,22,24-39,46-53H,1,8-20H2,2-6H3,(H,54,55)/t22-,24-,25+,26-,27+,28+,29-,30-,31-,32-,33+,34+,35+,36+,37-,38-,39-,41-,42-,43+,44+,45-/m0/s1. The fourth-order valence-electron chi connectivity index (χ4n) is 14.1. The van der Waals surface area contributed by atoms with Crippen LogP contribution in [0, 0.1) is 44.8 Å². The van der Waals surface area contributed by atoms with Gasteiger partial charge in [0.1, 0.15) is 54.9 Å². The van der Waals surface area contributed by atoms with E-state index in [9.17, 15) is 50.8 Å². The van der Waals surface area contributed by atoms with E-state index in [4.69, 9.17) is 28.4 Å². The quantitative estimate of drug-likeness (QED) is 0.124. The maximum Gasteiger partial charge on any atom is 0.310 e. The van der Waals surface area contributed by atoms with Crippen molar-refractivity contribution in [2.75, 3.05) is 19.8 Å². The molecule has 346 valence electrons. The number of carbonyl (C=O) groups is 1. The van der Waals surface area contributed by atoms with Gasteiger partial charge in [-0.3, -0.25) is 4.79 Å². The minimum atomic E-state index is -1.74. The highest BCUT2D eigenvalue weighted by Crippen LogP contribution is 2.75. The van der Waals surface area contributed by atoms with Gasteiger partial charge >= 0.3 is 5.97 Å². The number of allylic oxidation sites excluding steroid dienone is 3. The number of rotatable bonds is 8. The van der Waals surface area contributed by atoms with Crippen LogP contribution in [-0.4, -0.2) is 158 Å². The predicted octanol–water partition coefficient (Wildman–Crippen LogP) is 1.51. The van der Waals surface area contributed by atoms with Gasteiger partial charge in [0, 0.05) is 11.3 Å². The predicted molar refractivity (Wildman–Crippen MR) is 214 cm³/mol. The summed E-state index contributed by atoms with van der Waals surface area (Å²) in [5.41, 5.74) is 0.399. The minimum absolute atomic E-state index is 0.0238. The number of aliphatic hydroxyl groups is 8. The summed E-state index contributed by atoms with van der Waals surface area (Å²) in [6, 6.07) is 0. The SMILES string of the molecule is C=C1CC[C@]2(C(=O)O)CC[C@]3(C)C(=CC[C@@H]4[C@@]5(C)CC[C@H](O[C@@H]6OC[C@H](O)[C@H](O)[C@H]6O[C@@H]6O[C@@H](C)[C@H](O)[C@@H](O[C@@H]7OC[C@@H](O)[C@H](O)[C@H]7O)[C@H]6O)[C@@](C)(CO)[C@@H]5CC[C@]43C)[C@@H]2C1. The minimum Gasteiger partial charge on any atom is -0.481 e. The van der Waals surface area contributed by atoms with Crippen molar-refractivity contribution in [3.8, 4) is 0 Å². The third kappa shape index (κ3) is 7.04. The molecule has 0 bridgehead atoms. The Balaban J connectivity index is 1.01. The molecule has 5 aliphatic carbocycles. The smallest absolute Gasteiger partial charge is 0.310 e. The fourth-order valence-corrected chi connectivity index (χ4v) is 14.1. The Morgan fingerprint density at radius 2 is 1.44 bits per heavy atom. The molecule has 3 saturated heterocycles. The highest BCUT2D eigenvalue weighted by molar-refractivity contribution is 5.77. The lowest BCUT2D eigenvalue weighted by Crippen LogP contribution is -2.67. The van der Waals surface area contributed by atoms with Crippen molar-refractivity contribution >= 4 is 5.97 Å². The van der Waals surface area contributed by atoms with Crippen LogP contribution in [0.4, 0.5) is 0 Å². The molecular formula is C45H70O16. The number of fused-ring (bicyclic) bond motifs is 7. The van der Waals surface area contributed by atoms with Crippen LogP contribution in [0.1, 0.15) is 98.8 Å². The number of carboxylic acid groups (broad SMARTS) is 1. The molecule has 0 unspecified atom stereocenters. The number of ether oxygens (including phenoxy) is 6. The van der Waals surface area contributed by atoms with E-state index in [0.29, 0.717) is 25.7 Å². The van der Waals surface area contributed by atoms with Crippen LogP contribution >= 0.6 is 0 Å². The highest BCUT2D eigenvalue weighted by Gasteiger charge is 2.70. The van der Waals surface area contributed by atoms with Crippen molar-refractivity contribution in [3.63, 3.8) is 0 Å². The molecule has 3 aliphatic heterocycles. The van der Waals surface area contributed by atoms with Crippen molar-refractivity contribution in [2.45, 2.75) is 185 Å². The molecule has 16 nitrogen and oxygen atoms in total. The lowest BCUT2D eigenvalue weighted by molar-refractivity contribution is -0.379. The molecule has 0 aromatic heterocycles. The zero-order valence-corrected chi connectivity index (χ0v) is 36.2. The van der Waals surface area contributed by atoms with E-state index in [2.05, 4.69) is 33.4 Å². The monoisotopic (exact) mass is 866 g/mol. The Bertz CT molecular complexity index is 1690. The largest absolute Gasteiger partial charge is 0.481 e. The fraction of sp³-hybridized carbons (Fsp3) is 0.889. The van der Waals surface area contributed by atoms with Gasteiger partial charge in [0.25, 0.3) is 0 Å². The summed E-state index contributed by atoms with van der Waals surface area (Å²) in [6.07, 6.45) is -9.79. The van der Waals surface area contributed by atoms with Crippen LogP contribution in [0.5, 0.6) is 0 Å². The summed E-state index contributed by atoms with van der Waals surface area (Å²) < 4.78 is 35.9. The average molecular weight is 867 g/mol. The van der Waals surface area contributed by atoms with E-state index >= 15 is 0 Å². The topological polar surface area (TPSA) is 255 Å². The van der Waals surface area contributed by atoms with Crippen molar-refractivity contribution in [1.29, 1.82) is 0 Å². The average Bonchev–Trinajstić information content (AvgIpc) is 3.22. The van der Waals surface area contributed by atoms with Gasteiger partial charge in [-0.25, -0.2) is 0 Å². The van der Waals surface area contributed by atoms with Gasteiger partial charge in [-0.1, -0.05) is 51.5 Å². The second kappa shape index (κ2) is 16.4. The zero-order valence-electron chi connectivity index (χ0n) is 36.2. The molecule has 0 aromatic carbocycles. The molecule has 61 heavy (non-hydrogen) atoms. The molecule has 8 rings (SSSR count). The lowest BCUT2D eigenvalue weighted by Gasteiger charge is -2.71. The Morgan fingerprint density at radius 3 is 2.13 bits per heavy atom. The second-order valence-corrected chi connectivity index (χ2v) is 21.0. The van der Waals surface area contributed by atoms with E-state index in [-0.39, 0.29) is 53.8 Å². The van der Waals surface area contributed by atoms with Gasteiger partial charge in [-0.15, -0.1) is 0 Å². The molecule has 0 amide bonds. The first-order chi connectivity index (χ1) is 28.7. The van der Waals surface area contributed by atoms with E-state index in [1.807, 2.05) is 6.92 Å². The van der Waals surface area contributed by atoms with Crippen molar-refractivity contribution < 1.29 is 79.2 Å². The third-order valence-electron chi connectivity index (χ3n) is 18.1. The number of carboxylic acids is 1. The van der Waals surface area contributed by atoms with Crippen LogP contribution in [0.25, 0.3) is 0 Å². The Morgan fingerprint density at radius 1 is 0.770 bits per heavy atom. The molecule has 4 saturated carbocycles. The maximum absolute atomic E-state index is 13.0. The Kier molecular flexibility index (Phi) is 12.3. The normalized spacial score (nSPS) is 55.0. The van der Waals surface area contributed by atoms with Crippen LogP contribution in [0.15, 0.2) is 23.8 Å². The van der Waals surface area contributed by atoms with Gasteiger partial charge in [-0.05, 0) is 99.2 Å². The molecular weight excluding hydrogens is 796 g/mol. The second-order valence-electron chi connectivity index (χ2n) is 21.0. The van der Waals surface area contributed by atoms with Crippen LogP contribution in [-0.2, 0) is 33.2 Å².